The van der Waals surface area contributed by atoms with Crippen molar-refractivity contribution in [3.63, 3.8) is 0 Å². The van der Waals surface area contributed by atoms with E-state index in [9.17, 15) is 0 Å². The minimum Gasteiger partial charge on any atom is -0.485 e. The Balaban J connectivity index is 1.64. The van der Waals surface area contributed by atoms with E-state index in [2.05, 4.69) is 23.2 Å². The number of hydrogen-bond donors (Lipinski definition) is 0. The smallest absolute Gasteiger partial charge is 0.162 e. The Morgan fingerprint density at radius 2 is 1.64 bits per heavy atom. The summed E-state index contributed by atoms with van der Waals surface area (Å²) in [5.41, 5.74) is 3.12. The fourth-order valence-corrected chi connectivity index (χ4v) is 2.60. The van der Waals surface area contributed by atoms with Crippen LogP contribution in [0.2, 0.25) is 0 Å². The molecule has 1 aliphatic rings. The van der Waals surface area contributed by atoms with Gasteiger partial charge in [0.1, 0.15) is 6.61 Å². The molecule has 0 spiro atoms. The molecule has 1 aliphatic heterocycles. The van der Waals surface area contributed by atoms with E-state index in [1.807, 2.05) is 54.7 Å². The summed E-state index contributed by atoms with van der Waals surface area (Å²) < 4.78 is 11.8. The summed E-state index contributed by atoms with van der Waals surface area (Å²) in [5, 5.41) is 0. The van der Waals surface area contributed by atoms with Crippen molar-refractivity contribution in [2.75, 3.05) is 6.61 Å². The highest BCUT2D eigenvalue weighted by Crippen LogP contribution is 2.36. The minimum absolute atomic E-state index is 0.111. The van der Waals surface area contributed by atoms with E-state index in [0.717, 1.165) is 28.3 Å². The van der Waals surface area contributed by atoms with Gasteiger partial charge in [-0.1, -0.05) is 42.5 Å². The summed E-state index contributed by atoms with van der Waals surface area (Å²) in [6, 6.07) is 21.9. The maximum absolute atomic E-state index is 6.06. The van der Waals surface area contributed by atoms with Crippen molar-refractivity contribution in [1.29, 1.82) is 0 Å². The first-order chi connectivity index (χ1) is 10.9. The molecule has 2 heterocycles. The zero-order valence-electron chi connectivity index (χ0n) is 12.0. The summed E-state index contributed by atoms with van der Waals surface area (Å²) in [5.74, 6) is 1.59. The molecular weight excluding hydrogens is 274 g/mol. The van der Waals surface area contributed by atoms with Crippen LogP contribution in [0.15, 0.2) is 72.9 Å². The second-order valence-electron chi connectivity index (χ2n) is 5.20. The number of pyridine rings is 1. The summed E-state index contributed by atoms with van der Waals surface area (Å²) in [6.45, 7) is 0.509. The molecule has 0 saturated carbocycles. The molecule has 22 heavy (non-hydrogen) atoms. The lowest BCUT2D eigenvalue weighted by Gasteiger charge is -2.26. The van der Waals surface area contributed by atoms with Crippen LogP contribution in [-0.2, 0) is 0 Å². The highest BCUT2D eigenvalue weighted by molar-refractivity contribution is 5.59. The Hall–Kier alpha value is -2.81. The molecule has 2 aromatic carbocycles. The second kappa shape index (κ2) is 5.53. The number of aromatic nitrogens is 1. The Morgan fingerprint density at radius 1 is 0.864 bits per heavy atom. The molecule has 0 bridgehead atoms. The van der Waals surface area contributed by atoms with Crippen LogP contribution in [0.3, 0.4) is 0 Å². The molecule has 1 atom stereocenters. The predicted octanol–water partition coefficient (Wildman–Crippen LogP) is 4.26. The normalized spacial score (nSPS) is 16.3. The van der Waals surface area contributed by atoms with Crippen molar-refractivity contribution in [3.05, 3.63) is 78.5 Å². The second-order valence-corrected chi connectivity index (χ2v) is 5.20. The number of ether oxygens (including phenoxy) is 2. The van der Waals surface area contributed by atoms with Gasteiger partial charge in [-0.15, -0.1) is 0 Å². The van der Waals surface area contributed by atoms with Crippen LogP contribution < -0.4 is 9.47 Å². The molecule has 0 saturated heterocycles. The third-order valence-corrected chi connectivity index (χ3v) is 3.73. The third-order valence-electron chi connectivity index (χ3n) is 3.73. The lowest BCUT2D eigenvalue weighted by Crippen LogP contribution is -2.21. The summed E-state index contributed by atoms with van der Waals surface area (Å²) in [7, 11) is 0. The number of para-hydroxylation sites is 2. The lowest BCUT2D eigenvalue weighted by atomic mass is 10.1. The third kappa shape index (κ3) is 2.42. The minimum atomic E-state index is -0.111. The van der Waals surface area contributed by atoms with Gasteiger partial charge in [0, 0.05) is 11.8 Å². The van der Waals surface area contributed by atoms with Gasteiger partial charge in [-0.2, -0.15) is 0 Å². The van der Waals surface area contributed by atoms with Crippen molar-refractivity contribution in [2.24, 2.45) is 0 Å². The van der Waals surface area contributed by atoms with E-state index in [1.165, 1.54) is 0 Å². The highest BCUT2D eigenvalue weighted by atomic mass is 16.6. The maximum Gasteiger partial charge on any atom is 0.162 e. The molecule has 0 amide bonds. The first-order valence-corrected chi connectivity index (χ1v) is 7.30. The van der Waals surface area contributed by atoms with Gasteiger partial charge in [0.2, 0.25) is 0 Å². The standard InChI is InChI=1S/C19H15NO2/c1-2-6-14(7-3-1)16-12-15(10-11-20-16)19-13-21-17-8-4-5-9-18(17)22-19/h1-12,19H,13H2. The molecule has 0 radical (unpaired) electrons. The van der Waals surface area contributed by atoms with Crippen molar-refractivity contribution in [2.45, 2.75) is 6.10 Å². The zero-order valence-corrected chi connectivity index (χ0v) is 12.0. The van der Waals surface area contributed by atoms with Gasteiger partial charge in [0.25, 0.3) is 0 Å². The highest BCUT2D eigenvalue weighted by Gasteiger charge is 2.22. The Morgan fingerprint density at radius 3 is 2.50 bits per heavy atom. The fraction of sp³-hybridized carbons (Fsp3) is 0.105. The van der Waals surface area contributed by atoms with Crippen LogP contribution in [0, 0.1) is 0 Å². The van der Waals surface area contributed by atoms with Crippen LogP contribution >= 0.6 is 0 Å². The van der Waals surface area contributed by atoms with E-state index in [1.54, 1.807) is 0 Å². The van der Waals surface area contributed by atoms with E-state index in [4.69, 9.17) is 9.47 Å². The summed E-state index contributed by atoms with van der Waals surface area (Å²) in [4.78, 5) is 4.45. The average Bonchev–Trinajstić information content (AvgIpc) is 2.62. The van der Waals surface area contributed by atoms with Crippen molar-refractivity contribution < 1.29 is 9.47 Å². The molecule has 0 aliphatic carbocycles. The van der Waals surface area contributed by atoms with E-state index >= 15 is 0 Å². The number of nitrogens with zero attached hydrogens (tertiary/aromatic N) is 1. The Labute approximate surface area is 129 Å². The lowest BCUT2D eigenvalue weighted by molar-refractivity contribution is 0.0913. The van der Waals surface area contributed by atoms with Crippen molar-refractivity contribution >= 4 is 0 Å². The predicted molar refractivity (Wildman–Crippen MR) is 85.0 cm³/mol. The number of fused-ring (bicyclic) bond motifs is 1. The molecule has 3 heteroatoms. The van der Waals surface area contributed by atoms with E-state index in [0.29, 0.717) is 6.61 Å². The molecule has 3 nitrogen and oxygen atoms in total. The monoisotopic (exact) mass is 289 g/mol. The van der Waals surface area contributed by atoms with Crippen LogP contribution in [0.25, 0.3) is 11.3 Å². The van der Waals surface area contributed by atoms with Crippen LogP contribution in [0.1, 0.15) is 11.7 Å². The van der Waals surface area contributed by atoms with E-state index in [-0.39, 0.29) is 6.10 Å². The molecule has 1 aromatic heterocycles. The van der Waals surface area contributed by atoms with Gasteiger partial charge >= 0.3 is 0 Å². The van der Waals surface area contributed by atoms with Crippen molar-refractivity contribution in [3.8, 4) is 22.8 Å². The Kier molecular flexibility index (Phi) is 3.24. The molecule has 3 aromatic rings. The average molecular weight is 289 g/mol. The van der Waals surface area contributed by atoms with Gasteiger partial charge in [0.15, 0.2) is 17.6 Å². The Bertz CT molecular complexity index is 786. The molecule has 0 fully saturated rings. The first kappa shape index (κ1) is 12.9. The van der Waals surface area contributed by atoms with Gasteiger partial charge in [-0.25, -0.2) is 0 Å². The fourth-order valence-electron chi connectivity index (χ4n) is 2.60. The number of benzene rings is 2. The van der Waals surface area contributed by atoms with Crippen LogP contribution in [0.5, 0.6) is 11.5 Å². The number of rotatable bonds is 2. The van der Waals surface area contributed by atoms with Gasteiger partial charge in [-0.3, -0.25) is 4.98 Å². The molecule has 4 rings (SSSR count). The summed E-state index contributed by atoms with van der Waals surface area (Å²) >= 11 is 0. The summed E-state index contributed by atoms with van der Waals surface area (Å²) in [6.07, 6.45) is 1.71. The van der Waals surface area contributed by atoms with Crippen LogP contribution in [0.4, 0.5) is 0 Å². The van der Waals surface area contributed by atoms with Crippen molar-refractivity contribution in [1.82, 2.24) is 4.98 Å². The molecule has 108 valence electrons. The van der Waals surface area contributed by atoms with E-state index < -0.39 is 0 Å². The maximum atomic E-state index is 6.06. The first-order valence-electron chi connectivity index (χ1n) is 7.30. The molecular formula is C19H15NO2. The van der Waals surface area contributed by atoms with Gasteiger partial charge in [-0.05, 0) is 29.8 Å². The zero-order chi connectivity index (χ0) is 14.8. The van der Waals surface area contributed by atoms with Gasteiger partial charge in [0.05, 0.1) is 5.69 Å². The quantitative estimate of drug-likeness (QED) is 0.706. The SMILES string of the molecule is c1ccc(-c2cc(C3COc4ccccc4O3)ccn2)cc1. The largest absolute Gasteiger partial charge is 0.485 e. The number of hydrogen-bond acceptors (Lipinski definition) is 3. The molecule has 0 N–H and O–H groups in total. The molecule has 1 unspecified atom stereocenters. The van der Waals surface area contributed by atoms with Crippen LogP contribution in [-0.4, -0.2) is 11.6 Å². The van der Waals surface area contributed by atoms with Gasteiger partial charge < -0.3 is 9.47 Å². The topological polar surface area (TPSA) is 31.4 Å².